The first-order valence-corrected chi connectivity index (χ1v) is 8.85. The van der Waals surface area contributed by atoms with Crippen molar-refractivity contribution in [1.29, 1.82) is 5.26 Å². The van der Waals surface area contributed by atoms with Crippen LogP contribution >= 0.6 is 24.0 Å². The first kappa shape index (κ1) is 24.6. The number of aliphatic imine (C=N–C) groups is 1. The Balaban J connectivity index is 0.00000625. The van der Waals surface area contributed by atoms with Gasteiger partial charge in [-0.15, -0.1) is 24.0 Å². The predicted molar refractivity (Wildman–Crippen MR) is 114 cm³/mol. The van der Waals surface area contributed by atoms with Gasteiger partial charge in [-0.3, -0.25) is 0 Å². The van der Waals surface area contributed by atoms with Crippen LogP contribution in [0.15, 0.2) is 23.2 Å². The zero-order valence-electron chi connectivity index (χ0n) is 15.8. The van der Waals surface area contributed by atoms with E-state index in [1.807, 2.05) is 13.0 Å². The number of halogens is 2. The van der Waals surface area contributed by atoms with E-state index in [2.05, 4.69) is 29.5 Å². The molecule has 7 heteroatoms. The summed E-state index contributed by atoms with van der Waals surface area (Å²) < 4.78 is 14.0. The highest BCUT2D eigenvalue weighted by Crippen LogP contribution is 2.29. The summed E-state index contributed by atoms with van der Waals surface area (Å²) in [7, 11) is 0. The highest BCUT2D eigenvalue weighted by molar-refractivity contribution is 14.0. The highest BCUT2D eigenvalue weighted by atomic mass is 127. The van der Waals surface area contributed by atoms with Gasteiger partial charge in [-0.25, -0.2) is 9.38 Å². The van der Waals surface area contributed by atoms with Gasteiger partial charge in [-0.1, -0.05) is 19.9 Å². The summed E-state index contributed by atoms with van der Waals surface area (Å²) in [4.78, 5) is 4.44. The third-order valence-corrected chi connectivity index (χ3v) is 4.71. The molecule has 26 heavy (non-hydrogen) atoms. The molecule has 5 nitrogen and oxygen atoms in total. The molecule has 0 saturated heterocycles. The molecule has 1 aromatic carbocycles. The second-order valence-corrected chi connectivity index (χ2v) is 6.15. The Morgan fingerprint density at radius 2 is 1.96 bits per heavy atom. The molecule has 146 valence electrons. The summed E-state index contributed by atoms with van der Waals surface area (Å²) >= 11 is 0. The van der Waals surface area contributed by atoms with E-state index in [9.17, 15) is 9.50 Å². The fraction of sp³-hybridized carbons (Fsp3) is 0.579. The lowest BCUT2D eigenvalue weighted by atomic mass is 9.79. The average molecular weight is 476 g/mol. The minimum Gasteiger partial charge on any atom is -0.396 e. The van der Waals surface area contributed by atoms with Crippen LogP contribution in [0.2, 0.25) is 0 Å². The molecular formula is C19H30FIN4O. The monoisotopic (exact) mass is 476 g/mol. The highest BCUT2D eigenvalue weighted by Gasteiger charge is 2.25. The second kappa shape index (κ2) is 12.9. The van der Waals surface area contributed by atoms with Gasteiger partial charge in [0.2, 0.25) is 0 Å². The summed E-state index contributed by atoms with van der Waals surface area (Å²) in [6, 6.07) is 6.33. The zero-order chi connectivity index (χ0) is 18.7. The van der Waals surface area contributed by atoms with E-state index in [4.69, 9.17) is 5.26 Å². The molecule has 0 spiro atoms. The molecule has 0 unspecified atom stereocenters. The lowest BCUT2D eigenvalue weighted by Gasteiger charge is -2.32. The smallest absolute Gasteiger partial charge is 0.191 e. The molecule has 3 N–H and O–H groups in total. The lowest BCUT2D eigenvalue weighted by molar-refractivity contribution is 0.169. The van der Waals surface area contributed by atoms with E-state index in [1.54, 1.807) is 12.1 Å². The van der Waals surface area contributed by atoms with E-state index in [1.165, 1.54) is 6.07 Å². The number of hydrogen-bond donors (Lipinski definition) is 3. The van der Waals surface area contributed by atoms with E-state index in [0.717, 1.165) is 19.3 Å². The maximum atomic E-state index is 14.0. The van der Waals surface area contributed by atoms with Crippen molar-refractivity contribution in [3.05, 3.63) is 35.1 Å². The number of guanidine groups is 1. The molecule has 0 atom stereocenters. The van der Waals surface area contributed by atoms with Gasteiger partial charge >= 0.3 is 0 Å². The Labute approximate surface area is 173 Å². The van der Waals surface area contributed by atoms with Crippen molar-refractivity contribution >= 4 is 29.9 Å². The van der Waals surface area contributed by atoms with Gasteiger partial charge in [0, 0.05) is 25.3 Å². The predicted octanol–water partition coefficient (Wildman–Crippen LogP) is 3.56. The molecule has 0 radical (unpaired) electrons. The number of aliphatic hydroxyl groups excluding tert-OH is 1. The van der Waals surface area contributed by atoms with Crippen LogP contribution in [0.3, 0.4) is 0 Å². The summed E-state index contributed by atoms with van der Waals surface area (Å²) in [5.41, 5.74) is 0.767. The molecule has 1 rings (SSSR count). The molecule has 0 saturated carbocycles. The van der Waals surface area contributed by atoms with Crippen molar-refractivity contribution in [2.45, 2.75) is 46.6 Å². The minimum atomic E-state index is -0.421. The van der Waals surface area contributed by atoms with E-state index in [0.29, 0.717) is 30.2 Å². The van der Waals surface area contributed by atoms with Crippen molar-refractivity contribution in [2.75, 3.05) is 19.7 Å². The summed E-state index contributed by atoms with van der Waals surface area (Å²) in [6.45, 7) is 7.97. The molecule has 0 fully saturated rings. The standard InChI is InChI=1S/C19H29FN4O.HI/c1-4-19(5-2,9-10-25)14-24-18(22-6-3)23-13-16-8-7-15(12-21)11-17(16)20;/h7-8,11,25H,4-6,9-10,13-14H2,1-3H3,(H2,22,23,24);1H. The van der Waals surface area contributed by atoms with Crippen molar-refractivity contribution in [1.82, 2.24) is 10.6 Å². The Kier molecular flexibility index (Phi) is 12.2. The van der Waals surface area contributed by atoms with Gasteiger partial charge in [0.05, 0.1) is 18.2 Å². The van der Waals surface area contributed by atoms with Gasteiger partial charge in [-0.05, 0) is 43.7 Å². The van der Waals surface area contributed by atoms with Crippen molar-refractivity contribution < 1.29 is 9.50 Å². The van der Waals surface area contributed by atoms with Crippen LogP contribution in [-0.4, -0.2) is 30.8 Å². The quantitative estimate of drug-likeness (QED) is 0.289. The van der Waals surface area contributed by atoms with Gasteiger partial charge in [0.25, 0.3) is 0 Å². The minimum absolute atomic E-state index is 0. The molecule has 0 aliphatic carbocycles. The Hall–Kier alpha value is -1.40. The molecule has 0 amide bonds. The van der Waals surface area contributed by atoms with Gasteiger partial charge < -0.3 is 15.7 Å². The first-order chi connectivity index (χ1) is 12.0. The normalized spacial score (nSPS) is 11.5. The first-order valence-electron chi connectivity index (χ1n) is 8.85. The molecule has 0 bridgehead atoms. The third-order valence-electron chi connectivity index (χ3n) is 4.71. The molecule has 0 aromatic heterocycles. The topological polar surface area (TPSA) is 80.4 Å². The maximum Gasteiger partial charge on any atom is 0.191 e. The SMILES string of the molecule is CCNC(=NCc1ccc(C#N)cc1F)NCC(CC)(CC)CCO.I. The number of nitrogens with zero attached hydrogens (tertiary/aromatic N) is 2. The number of nitrogens with one attached hydrogen (secondary N) is 2. The van der Waals surface area contributed by atoms with E-state index >= 15 is 0 Å². The van der Waals surface area contributed by atoms with Crippen molar-refractivity contribution in [2.24, 2.45) is 10.4 Å². The van der Waals surface area contributed by atoms with Crippen molar-refractivity contribution in [3.63, 3.8) is 0 Å². The number of rotatable bonds is 9. The number of benzene rings is 1. The summed E-state index contributed by atoms with van der Waals surface area (Å²) in [5.74, 6) is 0.200. The van der Waals surface area contributed by atoms with Gasteiger partial charge in [0.15, 0.2) is 5.96 Å². The second-order valence-electron chi connectivity index (χ2n) is 6.15. The summed E-state index contributed by atoms with van der Waals surface area (Å²) in [6.07, 6.45) is 2.65. The Morgan fingerprint density at radius 3 is 2.46 bits per heavy atom. The van der Waals surface area contributed by atoms with Crippen LogP contribution < -0.4 is 10.6 Å². The van der Waals surface area contributed by atoms with Crippen molar-refractivity contribution in [3.8, 4) is 6.07 Å². The number of aliphatic hydroxyl groups is 1. The molecule has 0 heterocycles. The number of hydrogen-bond acceptors (Lipinski definition) is 3. The van der Waals surface area contributed by atoms with Crippen LogP contribution in [0.1, 0.15) is 51.2 Å². The molecular weight excluding hydrogens is 446 g/mol. The third kappa shape index (κ3) is 7.46. The van der Waals surface area contributed by atoms with Crippen LogP contribution in [0, 0.1) is 22.6 Å². The Morgan fingerprint density at radius 1 is 1.27 bits per heavy atom. The fourth-order valence-electron chi connectivity index (χ4n) is 2.70. The van der Waals surface area contributed by atoms with Gasteiger partial charge in [0.1, 0.15) is 5.82 Å². The van der Waals surface area contributed by atoms with Gasteiger partial charge in [-0.2, -0.15) is 5.26 Å². The number of nitriles is 1. The van der Waals surface area contributed by atoms with Crippen LogP contribution in [0.25, 0.3) is 0 Å². The largest absolute Gasteiger partial charge is 0.396 e. The molecule has 1 aromatic rings. The fourth-order valence-corrected chi connectivity index (χ4v) is 2.70. The molecule has 0 aliphatic rings. The van der Waals surface area contributed by atoms with Crippen LogP contribution in [-0.2, 0) is 6.54 Å². The zero-order valence-corrected chi connectivity index (χ0v) is 18.1. The Bertz CT molecular complexity index is 612. The van der Waals surface area contributed by atoms with E-state index < -0.39 is 5.82 Å². The lowest BCUT2D eigenvalue weighted by Crippen LogP contribution is -2.43. The maximum absolute atomic E-state index is 14.0. The van der Waals surface area contributed by atoms with Crippen LogP contribution in [0.4, 0.5) is 4.39 Å². The van der Waals surface area contributed by atoms with Crippen LogP contribution in [0.5, 0.6) is 0 Å². The van der Waals surface area contributed by atoms with E-state index in [-0.39, 0.29) is 42.5 Å². The molecule has 0 aliphatic heterocycles. The average Bonchev–Trinajstić information content (AvgIpc) is 2.63. The summed E-state index contributed by atoms with van der Waals surface area (Å²) in [5, 5.41) is 24.6.